The Labute approximate surface area is 392 Å². The van der Waals surface area contributed by atoms with E-state index in [2.05, 4.69) is 106 Å². The lowest BCUT2D eigenvalue weighted by Gasteiger charge is -2.58. The van der Waals surface area contributed by atoms with Crippen molar-refractivity contribution >= 4 is 22.5 Å². The minimum Gasteiger partial charge on any atom is -0.872 e. The van der Waals surface area contributed by atoms with Gasteiger partial charge in [-0.15, -0.1) is 12.3 Å². The van der Waals surface area contributed by atoms with Crippen LogP contribution >= 0.6 is 11.6 Å². The van der Waals surface area contributed by atoms with Gasteiger partial charge >= 0.3 is 0 Å². The highest BCUT2D eigenvalue weighted by Crippen LogP contribution is 2.51. The Morgan fingerprint density at radius 3 is 1.98 bits per heavy atom. The zero-order chi connectivity index (χ0) is 45.4. The highest BCUT2D eigenvalue weighted by Gasteiger charge is 2.55. The van der Waals surface area contributed by atoms with Gasteiger partial charge in [0.1, 0.15) is 29.1 Å². The van der Waals surface area contributed by atoms with Gasteiger partial charge in [-0.1, -0.05) is 151 Å². The van der Waals surface area contributed by atoms with Crippen LogP contribution in [0.15, 0.2) is 177 Å². The fraction of sp³-hybridized carbons (Fsp3) is 0.224. The number of pyridine rings is 1. The van der Waals surface area contributed by atoms with Gasteiger partial charge in [-0.2, -0.15) is 4.98 Å². The summed E-state index contributed by atoms with van der Waals surface area (Å²) in [5.41, 5.74) is 8.95. The Morgan fingerprint density at radius 1 is 0.773 bits per heavy atom. The third kappa shape index (κ3) is 8.57. The molecular formula is C58H53ClN4O3. The SMILES string of the molecule is C=C[C@@H]1C[N@+]2(Cc3cc(-c4ccccc4)c(OC(C)(C)C)c(-c4ccccc4)c3)CC[C@@H]1C[C@@H]2[C@H](Oc1nc(-c2ccccc2)nc(Cl)c1-c1ccccc1)c1ccnc2ccc([O-])cc12. The standard InChI is InChI=1S/C58H53ClN4O3/c1-5-39-37-63(36-38-32-47(40-18-10-6-11-19-40)53(66-58(2,3)4)48(33-38)41-20-12-7-13-21-41)31-29-44(39)34-51(63)54(46-28-30-60-50-27-26-45(64)35-49(46)50)65-57-52(42-22-14-8-15-23-42)55(59)61-56(62-57)43-24-16-9-17-25-43/h5-28,30,32-33,35,39,44,51,54H,1,29,31,34,36-37H2,2-4H3/t39-,44-,51-,54-,63-/m1/s1. The molecule has 0 aliphatic carbocycles. The lowest BCUT2D eigenvalue weighted by atomic mass is 9.71. The van der Waals surface area contributed by atoms with Gasteiger partial charge < -0.3 is 19.1 Å². The largest absolute Gasteiger partial charge is 0.872 e. The van der Waals surface area contributed by atoms with Crippen molar-refractivity contribution in [2.24, 2.45) is 11.8 Å². The topological polar surface area (TPSA) is 80.2 Å². The summed E-state index contributed by atoms with van der Waals surface area (Å²) >= 11 is 7.26. The van der Waals surface area contributed by atoms with Gasteiger partial charge in [-0.25, -0.2) is 4.98 Å². The minimum atomic E-state index is -0.575. The maximum Gasteiger partial charge on any atom is 0.227 e. The smallest absolute Gasteiger partial charge is 0.227 e. The number of benzene rings is 6. The molecule has 5 atom stereocenters. The van der Waals surface area contributed by atoms with Crippen LogP contribution in [0.2, 0.25) is 5.15 Å². The van der Waals surface area contributed by atoms with Crippen molar-refractivity contribution in [3.05, 3.63) is 193 Å². The Kier molecular flexibility index (Phi) is 11.7. The van der Waals surface area contributed by atoms with E-state index in [1.54, 1.807) is 12.1 Å². The average Bonchev–Trinajstić information content (AvgIpc) is 3.34. The van der Waals surface area contributed by atoms with E-state index < -0.39 is 11.7 Å². The van der Waals surface area contributed by atoms with Crippen LogP contribution in [0.25, 0.3) is 55.7 Å². The summed E-state index contributed by atoms with van der Waals surface area (Å²) in [5, 5.41) is 14.3. The zero-order valence-corrected chi connectivity index (χ0v) is 38.4. The van der Waals surface area contributed by atoms with E-state index >= 15 is 0 Å². The molecule has 7 nitrogen and oxygen atoms in total. The third-order valence-electron chi connectivity index (χ3n) is 13.5. The number of fused-ring (bicyclic) bond motifs is 4. The van der Waals surface area contributed by atoms with E-state index in [1.807, 2.05) is 79.0 Å². The van der Waals surface area contributed by atoms with E-state index in [0.29, 0.717) is 34.3 Å². The van der Waals surface area contributed by atoms with Gasteiger partial charge in [0, 0.05) is 58.2 Å². The number of hydrogen-bond acceptors (Lipinski definition) is 6. The zero-order valence-electron chi connectivity index (χ0n) is 37.6. The Bertz CT molecular complexity index is 2960. The number of piperidine rings is 3. The Balaban J connectivity index is 1.19. The van der Waals surface area contributed by atoms with Crippen LogP contribution in [0, 0.1) is 11.8 Å². The first kappa shape index (κ1) is 43.1. The monoisotopic (exact) mass is 888 g/mol. The van der Waals surface area contributed by atoms with Crippen LogP contribution in [0.1, 0.15) is 50.8 Å². The molecule has 2 aromatic heterocycles. The minimum absolute atomic E-state index is 0.0794. The number of halogens is 1. The number of nitrogens with zero attached hydrogens (tertiary/aromatic N) is 4. The second-order valence-corrected chi connectivity index (χ2v) is 19.2. The number of ether oxygens (including phenoxy) is 2. The molecule has 8 aromatic rings. The first-order valence-corrected chi connectivity index (χ1v) is 23.3. The summed E-state index contributed by atoms with van der Waals surface area (Å²) in [6.45, 7) is 13.3. The molecule has 3 aliphatic rings. The highest BCUT2D eigenvalue weighted by molar-refractivity contribution is 6.32. The molecule has 0 amide bonds. The molecule has 0 saturated carbocycles. The highest BCUT2D eigenvalue weighted by atomic mass is 35.5. The van der Waals surface area contributed by atoms with Gasteiger partial charge in [-0.3, -0.25) is 4.98 Å². The molecule has 5 heterocycles. The fourth-order valence-electron chi connectivity index (χ4n) is 10.5. The van der Waals surface area contributed by atoms with Gasteiger partial charge in [-0.05, 0) is 67.6 Å². The van der Waals surface area contributed by atoms with Crippen molar-refractivity contribution in [3.8, 4) is 62.1 Å². The van der Waals surface area contributed by atoms with Crippen LogP contribution in [0.3, 0.4) is 0 Å². The van der Waals surface area contributed by atoms with E-state index in [0.717, 1.165) is 92.6 Å². The van der Waals surface area contributed by atoms with E-state index in [1.165, 1.54) is 5.56 Å². The molecule has 330 valence electrons. The summed E-state index contributed by atoms with van der Waals surface area (Å²) in [7, 11) is 0. The first-order valence-electron chi connectivity index (χ1n) is 22.9. The number of hydrogen-bond donors (Lipinski definition) is 0. The second kappa shape index (κ2) is 17.9. The summed E-state index contributed by atoms with van der Waals surface area (Å²) < 4.78 is 15.3. The summed E-state index contributed by atoms with van der Waals surface area (Å²) in [6.07, 6.45) is 5.35. The van der Waals surface area contributed by atoms with E-state index in [9.17, 15) is 5.11 Å². The number of rotatable bonds is 12. The lowest BCUT2D eigenvalue weighted by molar-refractivity contribution is -0.984. The first-order chi connectivity index (χ1) is 32.1. The predicted octanol–water partition coefficient (Wildman–Crippen LogP) is 13.3. The lowest BCUT2D eigenvalue weighted by Crippen LogP contribution is -2.68. The van der Waals surface area contributed by atoms with Crippen molar-refractivity contribution in [2.75, 3.05) is 13.1 Å². The molecule has 3 fully saturated rings. The van der Waals surface area contributed by atoms with Crippen molar-refractivity contribution in [1.29, 1.82) is 0 Å². The van der Waals surface area contributed by atoms with Crippen LogP contribution in [0.4, 0.5) is 0 Å². The Hall–Kier alpha value is -6.80. The normalized spacial score (nSPS) is 19.6. The molecular weight excluding hydrogens is 836 g/mol. The summed E-state index contributed by atoms with van der Waals surface area (Å²) in [5.74, 6) is 2.33. The molecule has 0 N–H and O–H groups in total. The maximum absolute atomic E-state index is 13.3. The molecule has 8 heteroatoms. The van der Waals surface area contributed by atoms with Crippen LogP contribution < -0.4 is 14.6 Å². The van der Waals surface area contributed by atoms with Crippen molar-refractivity contribution in [2.45, 2.75) is 57.9 Å². The molecule has 0 spiro atoms. The quantitative estimate of drug-likeness (QED) is 0.0691. The third-order valence-corrected chi connectivity index (χ3v) is 13.7. The van der Waals surface area contributed by atoms with Gasteiger partial charge in [0.2, 0.25) is 5.88 Å². The van der Waals surface area contributed by atoms with Crippen LogP contribution in [-0.2, 0) is 6.54 Å². The van der Waals surface area contributed by atoms with Crippen molar-refractivity contribution < 1.29 is 19.1 Å². The number of quaternary nitrogens is 1. The van der Waals surface area contributed by atoms with Crippen LogP contribution in [0.5, 0.6) is 17.4 Å². The molecule has 2 bridgehead atoms. The van der Waals surface area contributed by atoms with E-state index in [4.69, 9.17) is 36.0 Å². The van der Waals surface area contributed by atoms with Crippen LogP contribution in [-0.4, -0.2) is 44.2 Å². The fourth-order valence-corrected chi connectivity index (χ4v) is 10.8. The molecule has 11 rings (SSSR count). The summed E-state index contributed by atoms with van der Waals surface area (Å²) in [6, 6.07) is 52.7. The Morgan fingerprint density at radius 2 is 1.38 bits per heavy atom. The molecule has 3 saturated heterocycles. The van der Waals surface area contributed by atoms with Gasteiger partial charge in [0.25, 0.3) is 0 Å². The van der Waals surface area contributed by atoms with Crippen molar-refractivity contribution in [1.82, 2.24) is 15.0 Å². The van der Waals surface area contributed by atoms with Crippen molar-refractivity contribution in [3.63, 3.8) is 0 Å². The molecule has 66 heavy (non-hydrogen) atoms. The van der Waals surface area contributed by atoms with Gasteiger partial charge in [0.15, 0.2) is 11.9 Å². The molecule has 6 aromatic carbocycles. The molecule has 0 unspecified atom stereocenters. The van der Waals surface area contributed by atoms with E-state index in [-0.39, 0.29) is 11.8 Å². The predicted molar refractivity (Wildman–Crippen MR) is 264 cm³/mol. The number of aromatic nitrogens is 3. The second-order valence-electron chi connectivity index (χ2n) is 18.9. The average molecular weight is 890 g/mol. The maximum atomic E-state index is 13.3. The molecule has 0 radical (unpaired) electrons. The molecule has 3 aliphatic heterocycles. The summed E-state index contributed by atoms with van der Waals surface area (Å²) in [4.78, 5) is 14.8. The van der Waals surface area contributed by atoms with Gasteiger partial charge in [0.05, 0.1) is 24.2 Å².